The Morgan fingerprint density at radius 2 is 0.490 bits per heavy atom. The fourth-order valence-corrected chi connectivity index (χ4v) is 14.8. The summed E-state index contributed by atoms with van der Waals surface area (Å²) < 4.78 is 68.7. The number of carbonyl (C=O) groups is 4. The number of phosphoric acid groups is 2. The van der Waals surface area contributed by atoms with Crippen molar-refractivity contribution < 1.29 is 80.2 Å². The summed E-state index contributed by atoms with van der Waals surface area (Å²) in [5, 5.41) is 10.6. The van der Waals surface area contributed by atoms with E-state index in [9.17, 15) is 43.2 Å². The lowest BCUT2D eigenvalue weighted by molar-refractivity contribution is -0.161. The van der Waals surface area contributed by atoms with Gasteiger partial charge in [-0.1, -0.05) is 401 Å². The van der Waals surface area contributed by atoms with Crippen LogP contribution in [0.25, 0.3) is 0 Å². The van der Waals surface area contributed by atoms with Gasteiger partial charge in [0.1, 0.15) is 19.3 Å². The van der Waals surface area contributed by atoms with Gasteiger partial charge in [-0.2, -0.15) is 0 Å². The fourth-order valence-electron chi connectivity index (χ4n) is 13.2. The standard InChI is InChI=1S/C85H166O17P2/c1-7-10-12-14-16-17-18-19-20-21-22-23-24-25-29-32-35-38-44-50-56-62-68-83(88)96-74-81(102-84(89)69-63-57-51-45-39-36-33-30-27-26-28-31-34-37-43-49-54-60-66-78(6)9-3)76-100-104(93,94)98-72-79(86)71-97-103(91,92)99-75-80(73-95-82(87)67-61-55-47-15-13-11-8-2)101-85(90)70-64-58-52-46-41-40-42-48-53-59-65-77(4)5/h77-81,86H,7-76H2,1-6H3,(H,91,92)(H,93,94)/t78?,79-,80+,81+/m0/s1. The van der Waals surface area contributed by atoms with Gasteiger partial charge in [-0.3, -0.25) is 37.3 Å². The first-order chi connectivity index (χ1) is 50.4. The average Bonchev–Trinajstić information content (AvgIpc) is 0.938. The summed E-state index contributed by atoms with van der Waals surface area (Å²) in [6, 6.07) is 0. The lowest BCUT2D eigenvalue weighted by Crippen LogP contribution is -2.30. The number of hydrogen-bond donors (Lipinski definition) is 3. The molecule has 0 radical (unpaired) electrons. The van der Waals surface area contributed by atoms with Gasteiger partial charge in [-0.05, 0) is 37.5 Å². The maximum atomic E-state index is 13.1. The Labute approximate surface area is 638 Å². The van der Waals surface area contributed by atoms with Crippen LogP contribution in [0, 0.1) is 11.8 Å². The van der Waals surface area contributed by atoms with Crippen LogP contribution in [-0.4, -0.2) is 96.7 Å². The monoisotopic (exact) mass is 1520 g/mol. The third-order valence-corrected chi connectivity index (χ3v) is 22.2. The normalized spacial score (nSPS) is 14.1. The number of aliphatic hydroxyl groups excluding tert-OH is 1. The molecule has 0 aromatic carbocycles. The molecule has 0 aliphatic carbocycles. The zero-order valence-corrected chi connectivity index (χ0v) is 70.1. The van der Waals surface area contributed by atoms with Gasteiger partial charge in [0.15, 0.2) is 12.2 Å². The van der Waals surface area contributed by atoms with E-state index in [-0.39, 0.29) is 25.7 Å². The topological polar surface area (TPSA) is 237 Å². The van der Waals surface area contributed by atoms with Crippen molar-refractivity contribution in [3.8, 4) is 0 Å². The molecule has 0 amide bonds. The number of hydrogen-bond acceptors (Lipinski definition) is 15. The van der Waals surface area contributed by atoms with Crippen molar-refractivity contribution in [1.29, 1.82) is 0 Å². The van der Waals surface area contributed by atoms with Gasteiger partial charge in [0, 0.05) is 25.7 Å². The Balaban J connectivity index is 5.14. The molecule has 0 spiro atoms. The van der Waals surface area contributed by atoms with Crippen molar-refractivity contribution in [2.45, 2.75) is 471 Å². The quantitative estimate of drug-likeness (QED) is 0.0222. The van der Waals surface area contributed by atoms with Crippen molar-refractivity contribution in [3.05, 3.63) is 0 Å². The summed E-state index contributed by atoms with van der Waals surface area (Å²) in [5.74, 6) is -0.488. The van der Waals surface area contributed by atoms with Crippen LogP contribution in [0.2, 0.25) is 0 Å². The van der Waals surface area contributed by atoms with E-state index in [2.05, 4.69) is 41.5 Å². The van der Waals surface area contributed by atoms with Gasteiger partial charge in [-0.25, -0.2) is 9.13 Å². The third-order valence-electron chi connectivity index (χ3n) is 20.3. The van der Waals surface area contributed by atoms with Crippen molar-refractivity contribution >= 4 is 39.5 Å². The fraction of sp³-hybridized carbons (Fsp3) is 0.953. The summed E-state index contributed by atoms with van der Waals surface area (Å²) in [7, 11) is -9.92. The number of esters is 4. The number of carbonyl (C=O) groups excluding carboxylic acids is 4. The molecule has 17 nitrogen and oxygen atoms in total. The predicted molar refractivity (Wildman–Crippen MR) is 428 cm³/mol. The summed E-state index contributed by atoms with van der Waals surface area (Å²) in [4.78, 5) is 73.0. The molecule has 0 saturated heterocycles. The van der Waals surface area contributed by atoms with Gasteiger partial charge in [0.2, 0.25) is 0 Å². The lowest BCUT2D eigenvalue weighted by Gasteiger charge is -2.21. The maximum Gasteiger partial charge on any atom is 0.472 e. The smallest absolute Gasteiger partial charge is 0.462 e. The first-order valence-electron chi connectivity index (χ1n) is 44.0. The molecular formula is C85H166O17P2. The highest BCUT2D eigenvalue weighted by molar-refractivity contribution is 7.47. The van der Waals surface area contributed by atoms with E-state index in [0.717, 1.165) is 115 Å². The number of aliphatic hydroxyl groups is 1. The minimum absolute atomic E-state index is 0.106. The molecule has 0 saturated carbocycles. The SMILES string of the molecule is CCCCCCCCCCCCCCCCCCCCCCCCC(=O)OC[C@H](COP(=O)(O)OC[C@@H](O)COP(=O)(O)OC[C@@H](COC(=O)CCCCCCCCC)OC(=O)CCCCCCCCCCCCC(C)C)OC(=O)CCCCCCCCCCCCCCCCCCCCC(C)CC. The van der Waals surface area contributed by atoms with Gasteiger partial charge < -0.3 is 33.8 Å². The molecule has 3 N–H and O–H groups in total. The van der Waals surface area contributed by atoms with E-state index >= 15 is 0 Å². The Hall–Kier alpha value is -1.94. The van der Waals surface area contributed by atoms with Crippen molar-refractivity contribution in [1.82, 2.24) is 0 Å². The minimum Gasteiger partial charge on any atom is -0.462 e. The highest BCUT2D eigenvalue weighted by Gasteiger charge is 2.30. The molecule has 0 aromatic rings. The second-order valence-electron chi connectivity index (χ2n) is 31.3. The van der Waals surface area contributed by atoms with Crippen molar-refractivity contribution in [2.75, 3.05) is 39.6 Å². The highest BCUT2D eigenvalue weighted by atomic mass is 31.2. The van der Waals surface area contributed by atoms with E-state index < -0.39 is 97.5 Å². The summed E-state index contributed by atoms with van der Waals surface area (Å²) in [5.41, 5.74) is 0. The van der Waals surface area contributed by atoms with Crippen LogP contribution in [-0.2, 0) is 65.4 Å². The van der Waals surface area contributed by atoms with Crippen LogP contribution in [0.4, 0.5) is 0 Å². The Morgan fingerprint density at radius 3 is 0.731 bits per heavy atom. The number of rotatable bonds is 84. The Kier molecular flexibility index (Phi) is 75.0. The van der Waals surface area contributed by atoms with Crippen molar-refractivity contribution in [2.24, 2.45) is 11.8 Å². The van der Waals surface area contributed by atoms with Crippen molar-refractivity contribution in [3.63, 3.8) is 0 Å². The highest BCUT2D eigenvalue weighted by Crippen LogP contribution is 2.45. The van der Waals surface area contributed by atoms with E-state index in [0.29, 0.717) is 25.7 Å². The molecule has 3 unspecified atom stereocenters. The van der Waals surface area contributed by atoms with Gasteiger partial charge >= 0.3 is 39.5 Å². The third kappa shape index (κ3) is 76.8. The maximum absolute atomic E-state index is 13.1. The number of phosphoric ester groups is 2. The molecule has 6 atom stereocenters. The van der Waals surface area contributed by atoms with Crippen LogP contribution >= 0.6 is 15.6 Å². The summed E-state index contributed by atoms with van der Waals surface area (Å²) in [6.07, 6.45) is 68.4. The molecule has 0 aliphatic heterocycles. The predicted octanol–water partition coefficient (Wildman–Crippen LogP) is 25.8. The van der Waals surface area contributed by atoms with Gasteiger partial charge in [0.05, 0.1) is 26.4 Å². The zero-order valence-electron chi connectivity index (χ0n) is 68.3. The molecule has 19 heteroatoms. The average molecular weight is 1520 g/mol. The molecule has 0 heterocycles. The first kappa shape index (κ1) is 102. The van der Waals surface area contributed by atoms with Crippen LogP contribution in [0.5, 0.6) is 0 Å². The molecule has 0 bridgehead atoms. The van der Waals surface area contributed by atoms with E-state index in [1.807, 2.05) is 0 Å². The Bertz CT molecular complexity index is 2000. The largest absolute Gasteiger partial charge is 0.472 e. The number of unbranched alkanes of at least 4 members (excludes halogenated alkanes) is 53. The molecule has 0 rings (SSSR count). The molecule has 618 valence electrons. The van der Waals surface area contributed by atoms with Crippen LogP contribution in [0.3, 0.4) is 0 Å². The second kappa shape index (κ2) is 76.4. The molecule has 0 aromatic heterocycles. The van der Waals surface area contributed by atoms with Crippen LogP contribution in [0.1, 0.15) is 452 Å². The van der Waals surface area contributed by atoms with Gasteiger partial charge in [0.25, 0.3) is 0 Å². The van der Waals surface area contributed by atoms with Crippen LogP contribution in [0.15, 0.2) is 0 Å². The molecule has 0 aliphatic rings. The summed E-state index contributed by atoms with van der Waals surface area (Å²) >= 11 is 0. The van der Waals surface area contributed by atoms with E-state index in [1.54, 1.807) is 0 Å². The van der Waals surface area contributed by atoms with Gasteiger partial charge in [-0.15, -0.1) is 0 Å². The molecular weight excluding hydrogens is 1350 g/mol. The first-order valence-corrected chi connectivity index (χ1v) is 47.0. The minimum atomic E-state index is -4.96. The van der Waals surface area contributed by atoms with E-state index in [1.165, 1.54) is 257 Å². The molecule has 0 fully saturated rings. The van der Waals surface area contributed by atoms with Crippen LogP contribution < -0.4 is 0 Å². The zero-order chi connectivity index (χ0) is 76.4. The number of ether oxygens (including phenoxy) is 4. The Morgan fingerprint density at radius 1 is 0.279 bits per heavy atom. The summed E-state index contributed by atoms with van der Waals surface area (Å²) in [6.45, 7) is 9.66. The van der Waals surface area contributed by atoms with E-state index in [4.69, 9.17) is 37.0 Å². The molecule has 104 heavy (non-hydrogen) atoms. The lowest BCUT2D eigenvalue weighted by atomic mass is 9.99. The second-order valence-corrected chi connectivity index (χ2v) is 34.2.